The van der Waals surface area contributed by atoms with E-state index in [0.717, 1.165) is 44.1 Å². The zero-order chi connectivity index (χ0) is 12.6. The van der Waals surface area contributed by atoms with Crippen LogP contribution in [0.25, 0.3) is 0 Å². The molecule has 1 saturated heterocycles. The van der Waals surface area contributed by atoms with E-state index < -0.39 is 9.84 Å². The van der Waals surface area contributed by atoms with Crippen LogP contribution in [0.5, 0.6) is 0 Å². The Morgan fingerprint density at radius 1 is 1.06 bits per heavy atom. The molecule has 0 amide bonds. The van der Waals surface area contributed by atoms with Crippen molar-refractivity contribution in [2.45, 2.75) is 31.7 Å². The number of nitrogens with one attached hydrogen (secondary N) is 1. The lowest BCUT2D eigenvalue weighted by atomic mass is 10.1. The topological polar surface area (TPSA) is 49.4 Å². The second-order valence-electron chi connectivity index (χ2n) is 6.15. The Labute approximate surface area is 110 Å². The molecule has 1 N–H and O–H groups in total. The summed E-state index contributed by atoms with van der Waals surface area (Å²) in [6.45, 7) is 3.48. The van der Waals surface area contributed by atoms with Crippen LogP contribution in [0.1, 0.15) is 25.7 Å². The fraction of sp³-hybridized carbons (Fsp3) is 1.00. The molecular weight excluding hydrogens is 248 g/mol. The molecule has 0 atom stereocenters. The molecule has 0 bridgehead atoms. The number of sulfone groups is 1. The number of hydrogen-bond donors (Lipinski definition) is 1. The summed E-state index contributed by atoms with van der Waals surface area (Å²) < 4.78 is 22.7. The van der Waals surface area contributed by atoms with Gasteiger partial charge in [0.15, 0.2) is 9.84 Å². The molecule has 0 aromatic heterocycles. The Bertz CT molecular complexity index is 362. The molecule has 18 heavy (non-hydrogen) atoms. The van der Waals surface area contributed by atoms with Crippen molar-refractivity contribution in [2.75, 3.05) is 37.7 Å². The van der Waals surface area contributed by atoms with Crippen molar-refractivity contribution in [3.8, 4) is 0 Å². The van der Waals surface area contributed by atoms with E-state index in [1.807, 2.05) is 0 Å². The number of hydrogen-bond acceptors (Lipinski definition) is 4. The summed E-state index contributed by atoms with van der Waals surface area (Å²) in [5.41, 5.74) is 0. The molecule has 3 aliphatic rings. The predicted octanol–water partition coefficient (Wildman–Crippen LogP) is 0.495. The van der Waals surface area contributed by atoms with E-state index in [0.29, 0.717) is 11.5 Å². The second-order valence-corrected chi connectivity index (χ2v) is 8.45. The van der Waals surface area contributed by atoms with Crippen LogP contribution in [-0.2, 0) is 9.84 Å². The van der Waals surface area contributed by atoms with Crippen molar-refractivity contribution in [3.05, 3.63) is 0 Å². The molecule has 104 valence electrons. The van der Waals surface area contributed by atoms with Gasteiger partial charge in [0.25, 0.3) is 0 Å². The quantitative estimate of drug-likeness (QED) is 0.765. The highest BCUT2D eigenvalue weighted by Crippen LogP contribution is 2.44. The highest BCUT2D eigenvalue weighted by atomic mass is 32.2. The molecule has 2 aliphatic carbocycles. The van der Waals surface area contributed by atoms with E-state index in [4.69, 9.17) is 0 Å². The largest absolute Gasteiger partial charge is 0.312 e. The first kappa shape index (κ1) is 12.9. The van der Waals surface area contributed by atoms with Crippen molar-refractivity contribution in [2.24, 2.45) is 11.8 Å². The van der Waals surface area contributed by atoms with E-state index in [-0.39, 0.29) is 0 Å². The Kier molecular flexibility index (Phi) is 3.65. The summed E-state index contributed by atoms with van der Waals surface area (Å²) in [4.78, 5) is 2.28. The van der Waals surface area contributed by atoms with Gasteiger partial charge in [0.1, 0.15) is 0 Å². The zero-order valence-corrected chi connectivity index (χ0v) is 11.8. The van der Waals surface area contributed by atoms with Gasteiger partial charge in [-0.05, 0) is 37.5 Å². The van der Waals surface area contributed by atoms with Gasteiger partial charge in [-0.15, -0.1) is 0 Å². The summed E-state index contributed by atoms with van der Waals surface area (Å²) >= 11 is 0. The van der Waals surface area contributed by atoms with Gasteiger partial charge in [-0.2, -0.15) is 0 Å². The number of nitrogens with zero attached hydrogens (tertiary/aromatic N) is 1. The molecule has 0 radical (unpaired) electrons. The van der Waals surface area contributed by atoms with Gasteiger partial charge in [-0.25, -0.2) is 8.42 Å². The molecule has 0 aromatic rings. The monoisotopic (exact) mass is 272 g/mol. The van der Waals surface area contributed by atoms with Crippen molar-refractivity contribution >= 4 is 9.84 Å². The first-order valence-electron chi connectivity index (χ1n) is 7.30. The van der Waals surface area contributed by atoms with Crippen molar-refractivity contribution in [1.29, 1.82) is 0 Å². The van der Waals surface area contributed by atoms with Crippen LogP contribution in [-0.4, -0.2) is 57.0 Å². The maximum absolute atomic E-state index is 11.3. The maximum Gasteiger partial charge on any atom is 0.152 e. The fourth-order valence-corrected chi connectivity index (χ4v) is 4.27. The normalized spacial score (nSPS) is 28.7. The van der Waals surface area contributed by atoms with Gasteiger partial charge < -0.3 is 10.2 Å². The summed E-state index contributed by atoms with van der Waals surface area (Å²) in [5.74, 6) is 2.59. The van der Waals surface area contributed by atoms with E-state index in [9.17, 15) is 8.42 Å². The summed E-state index contributed by atoms with van der Waals surface area (Å²) in [6.07, 6.45) is 5.65. The first-order chi connectivity index (χ1) is 8.64. The van der Waals surface area contributed by atoms with Crippen molar-refractivity contribution < 1.29 is 8.42 Å². The Balaban J connectivity index is 1.36. The van der Waals surface area contributed by atoms with Gasteiger partial charge in [-0.3, -0.25) is 0 Å². The second kappa shape index (κ2) is 5.10. The third kappa shape index (κ3) is 3.45. The predicted molar refractivity (Wildman–Crippen MR) is 72.3 cm³/mol. The average Bonchev–Trinajstić information content (AvgIpc) is 3.19. The molecule has 3 rings (SSSR count). The van der Waals surface area contributed by atoms with Crippen molar-refractivity contribution in [1.82, 2.24) is 10.2 Å². The van der Waals surface area contributed by atoms with Crippen LogP contribution in [0.4, 0.5) is 0 Å². The molecule has 0 aromatic carbocycles. The third-order valence-electron chi connectivity index (χ3n) is 4.50. The summed E-state index contributed by atoms with van der Waals surface area (Å²) in [7, 11) is -2.73. The maximum atomic E-state index is 11.3. The number of rotatable bonds is 6. The fourth-order valence-electron chi connectivity index (χ4n) is 2.99. The van der Waals surface area contributed by atoms with Gasteiger partial charge >= 0.3 is 0 Å². The smallest absolute Gasteiger partial charge is 0.152 e. The third-order valence-corrected chi connectivity index (χ3v) is 6.11. The molecule has 4 nitrogen and oxygen atoms in total. The van der Waals surface area contributed by atoms with Crippen LogP contribution in [0.15, 0.2) is 0 Å². The Morgan fingerprint density at radius 3 is 2.11 bits per heavy atom. The minimum Gasteiger partial charge on any atom is -0.312 e. The van der Waals surface area contributed by atoms with Crippen LogP contribution < -0.4 is 5.32 Å². The molecule has 0 unspecified atom stereocenters. The standard InChI is InChI=1S/C13H24N2O2S/c16-18(17)9-7-15(8-10-18)6-5-14-13(11-1-2-11)12-3-4-12/h11-14H,1-10H2. The summed E-state index contributed by atoms with van der Waals surface area (Å²) in [5, 5.41) is 3.72. The lowest BCUT2D eigenvalue weighted by Crippen LogP contribution is -2.45. The first-order valence-corrected chi connectivity index (χ1v) is 9.12. The molecule has 3 fully saturated rings. The van der Waals surface area contributed by atoms with E-state index >= 15 is 0 Å². The minimum absolute atomic E-state index is 0.349. The van der Waals surface area contributed by atoms with Crippen LogP contribution in [0.3, 0.4) is 0 Å². The molecule has 0 spiro atoms. The van der Waals surface area contributed by atoms with Gasteiger partial charge in [0.2, 0.25) is 0 Å². The highest BCUT2D eigenvalue weighted by Gasteiger charge is 2.40. The SMILES string of the molecule is O=S1(=O)CCN(CCNC(C2CC2)C2CC2)CC1. The van der Waals surface area contributed by atoms with Crippen molar-refractivity contribution in [3.63, 3.8) is 0 Å². The summed E-state index contributed by atoms with van der Waals surface area (Å²) in [6, 6.07) is 0.763. The van der Waals surface area contributed by atoms with Gasteiger partial charge in [0.05, 0.1) is 11.5 Å². The minimum atomic E-state index is -2.73. The van der Waals surface area contributed by atoms with E-state index in [1.54, 1.807) is 0 Å². The molecule has 2 saturated carbocycles. The van der Waals surface area contributed by atoms with Crippen LogP contribution in [0.2, 0.25) is 0 Å². The Hall–Kier alpha value is -0.130. The molecule has 5 heteroatoms. The van der Waals surface area contributed by atoms with E-state index in [2.05, 4.69) is 10.2 Å². The van der Waals surface area contributed by atoms with Gasteiger partial charge in [-0.1, -0.05) is 0 Å². The van der Waals surface area contributed by atoms with E-state index in [1.165, 1.54) is 25.7 Å². The molecule has 1 heterocycles. The lowest BCUT2D eigenvalue weighted by Gasteiger charge is -2.27. The average molecular weight is 272 g/mol. The zero-order valence-electron chi connectivity index (χ0n) is 11.0. The molecule has 1 aliphatic heterocycles. The van der Waals surface area contributed by atoms with Crippen LogP contribution >= 0.6 is 0 Å². The molecular formula is C13H24N2O2S. The Morgan fingerprint density at radius 2 is 1.61 bits per heavy atom. The van der Waals surface area contributed by atoms with Gasteiger partial charge in [0, 0.05) is 32.2 Å². The lowest BCUT2D eigenvalue weighted by molar-refractivity contribution is 0.281. The highest BCUT2D eigenvalue weighted by molar-refractivity contribution is 7.91. The van der Waals surface area contributed by atoms with Crippen LogP contribution in [0, 0.1) is 11.8 Å².